The Bertz CT molecular complexity index is 1790. The van der Waals surface area contributed by atoms with Gasteiger partial charge in [-0.15, -0.1) is 0 Å². The maximum atomic E-state index is 13.5. The topological polar surface area (TPSA) is 113 Å². The summed E-state index contributed by atoms with van der Waals surface area (Å²) in [6, 6.07) is 24.8. The predicted molar refractivity (Wildman–Crippen MR) is 179 cm³/mol. The molecule has 46 heavy (non-hydrogen) atoms. The molecule has 1 unspecified atom stereocenters. The normalized spacial score (nSPS) is 16.2. The Labute approximate surface area is 267 Å². The molecule has 234 valence electrons. The monoisotopic (exact) mass is 617 g/mol. The van der Waals surface area contributed by atoms with Crippen molar-refractivity contribution in [1.29, 1.82) is 0 Å². The third-order valence-electron chi connectivity index (χ3n) is 8.28. The minimum Gasteiger partial charge on any atom is -0.497 e. The number of hydrogen-bond acceptors (Lipinski definition) is 8. The van der Waals surface area contributed by atoms with E-state index in [0.29, 0.717) is 39.6 Å². The second kappa shape index (κ2) is 13.3. The predicted octanol–water partition coefficient (Wildman–Crippen LogP) is 5.38. The molecule has 4 aromatic carbocycles. The van der Waals surface area contributed by atoms with Gasteiger partial charge in [0.1, 0.15) is 17.4 Å². The van der Waals surface area contributed by atoms with Crippen molar-refractivity contribution in [2.24, 2.45) is 4.99 Å². The van der Waals surface area contributed by atoms with E-state index in [4.69, 9.17) is 9.47 Å². The van der Waals surface area contributed by atoms with E-state index in [1.54, 1.807) is 66.9 Å². The molecule has 6 rings (SSSR count). The Morgan fingerprint density at radius 2 is 1.54 bits per heavy atom. The van der Waals surface area contributed by atoms with Crippen LogP contribution in [0, 0.1) is 0 Å². The SMILES string of the molecule is COc1cc(OC)cc(C(=O)Nc2cccc(C(=O)c3ccc4c(c3)NC(=O)C4C=Nc3ccc(N4CCN(C)CC4)cc3)c2)c1. The third-order valence-corrected chi connectivity index (χ3v) is 8.28. The number of fused-ring (bicyclic) bond motifs is 1. The van der Waals surface area contributed by atoms with Gasteiger partial charge < -0.3 is 29.9 Å². The summed E-state index contributed by atoms with van der Waals surface area (Å²) in [5.74, 6) is -0.405. The lowest BCUT2D eigenvalue weighted by Crippen LogP contribution is -2.44. The Morgan fingerprint density at radius 3 is 2.24 bits per heavy atom. The molecular weight excluding hydrogens is 582 g/mol. The summed E-state index contributed by atoms with van der Waals surface area (Å²) in [5.41, 5.74) is 4.88. The molecule has 4 aromatic rings. The number of anilines is 3. The molecule has 0 spiro atoms. The van der Waals surface area contributed by atoms with Gasteiger partial charge >= 0.3 is 0 Å². The summed E-state index contributed by atoms with van der Waals surface area (Å²) in [6.45, 7) is 4.06. The molecule has 2 N–H and O–H groups in total. The summed E-state index contributed by atoms with van der Waals surface area (Å²) < 4.78 is 10.5. The first-order valence-corrected chi connectivity index (χ1v) is 15.0. The number of benzene rings is 4. The molecule has 0 saturated carbocycles. The van der Waals surface area contributed by atoms with Crippen LogP contribution in [-0.2, 0) is 4.79 Å². The van der Waals surface area contributed by atoms with Gasteiger partial charge in [0.15, 0.2) is 5.78 Å². The van der Waals surface area contributed by atoms with Crippen molar-refractivity contribution in [3.05, 3.63) is 107 Å². The Hall–Kier alpha value is -5.48. The van der Waals surface area contributed by atoms with Crippen LogP contribution in [0.15, 0.2) is 89.9 Å². The van der Waals surface area contributed by atoms with Crippen LogP contribution in [0.1, 0.15) is 37.8 Å². The van der Waals surface area contributed by atoms with Crippen molar-refractivity contribution in [2.45, 2.75) is 5.92 Å². The number of rotatable bonds is 9. The Kier molecular flexibility index (Phi) is 8.80. The van der Waals surface area contributed by atoms with Crippen molar-refractivity contribution >= 4 is 46.6 Å². The van der Waals surface area contributed by atoms with Gasteiger partial charge in [0.25, 0.3) is 5.91 Å². The van der Waals surface area contributed by atoms with E-state index in [0.717, 1.165) is 37.4 Å². The van der Waals surface area contributed by atoms with E-state index in [1.807, 2.05) is 12.1 Å². The lowest BCUT2D eigenvalue weighted by molar-refractivity contribution is -0.115. The molecule has 2 amide bonds. The number of carbonyl (C=O) groups is 3. The van der Waals surface area contributed by atoms with Crippen molar-refractivity contribution in [3.63, 3.8) is 0 Å². The summed E-state index contributed by atoms with van der Waals surface area (Å²) >= 11 is 0. The summed E-state index contributed by atoms with van der Waals surface area (Å²) in [5, 5.41) is 5.72. The number of nitrogens with one attached hydrogen (secondary N) is 2. The van der Waals surface area contributed by atoms with Gasteiger partial charge in [-0.3, -0.25) is 19.4 Å². The average Bonchev–Trinajstić information content (AvgIpc) is 3.41. The van der Waals surface area contributed by atoms with E-state index >= 15 is 0 Å². The lowest BCUT2D eigenvalue weighted by atomic mass is 9.97. The smallest absolute Gasteiger partial charge is 0.255 e. The van der Waals surface area contributed by atoms with Gasteiger partial charge in [0, 0.05) is 72.2 Å². The molecular formula is C36H35N5O5. The van der Waals surface area contributed by atoms with Crippen molar-refractivity contribution in [3.8, 4) is 11.5 Å². The number of likely N-dealkylation sites (N-methyl/N-ethyl adjacent to an activating group) is 1. The average molecular weight is 618 g/mol. The molecule has 1 saturated heterocycles. The van der Waals surface area contributed by atoms with Crippen LogP contribution in [0.4, 0.5) is 22.7 Å². The number of piperazine rings is 1. The highest BCUT2D eigenvalue weighted by molar-refractivity contribution is 6.15. The Balaban J connectivity index is 1.13. The van der Waals surface area contributed by atoms with E-state index in [1.165, 1.54) is 19.9 Å². The highest BCUT2D eigenvalue weighted by Gasteiger charge is 2.30. The van der Waals surface area contributed by atoms with Gasteiger partial charge in [-0.25, -0.2) is 0 Å². The van der Waals surface area contributed by atoms with E-state index in [2.05, 4.69) is 44.6 Å². The minimum absolute atomic E-state index is 0.198. The molecule has 0 radical (unpaired) electrons. The maximum absolute atomic E-state index is 13.5. The van der Waals surface area contributed by atoms with Crippen molar-refractivity contribution in [1.82, 2.24) is 4.90 Å². The van der Waals surface area contributed by atoms with Gasteiger partial charge in [0.05, 0.1) is 19.9 Å². The highest BCUT2D eigenvalue weighted by atomic mass is 16.5. The number of hydrogen-bond donors (Lipinski definition) is 2. The van der Waals surface area contributed by atoms with Gasteiger partial charge in [-0.2, -0.15) is 0 Å². The largest absolute Gasteiger partial charge is 0.497 e. The van der Waals surface area contributed by atoms with E-state index in [9.17, 15) is 14.4 Å². The molecule has 0 aliphatic carbocycles. The fourth-order valence-corrected chi connectivity index (χ4v) is 5.60. The number of nitrogens with zero attached hydrogens (tertiary/aromatic N) is 3. The molecule has 2 aliphatic heterocycles. The van der Waals surface area contributed by atoms with Crippen LogP contribution < -0.4 is 25.0 Å². The third kappa shape index (κ3) is 6.62. The number of amides is 2. The second-order valence-corrected chi connectivity index (χ2v) is 11.3. The Morgan fingerprint density at radius 1 is 0.848 bits per heavy atom. The minimum atomic E-state index is -0.565. The lowest BCUT2D eigenvalue weighted by Gasteiger charge is -2.34. The quantitative estimate of drug-likeness (QED) is 0.192. The maximum Gasteiger partial charge on any atom is 0.255 e. The molecule has 2 aliphatic rings. The van der Waals surface area contributed by atoms with Gasteiger partial charge in [-0.05, 0) is 67.2 Å². The van der Waals surface area contributed by atoms with Crippen LogP contribution in [0.2, 0.25) is 0 Å². The zero-order valence-electron chi connectivity index (χ0n) is 25.9. The van der Waals surface area contributed by atoms with E-state index in [-0.39, 0.29) is 17.6 Å². The highest BCUT2D eigenvalue weighted by Crippen LogP contribution is 2.34. The standard InChI is InChI=1S/C36H35N5O5/c1-40-13-15-41(16-14-40)28-10-8-26(9-11-28)37-22-32-31-12-7-24(20-33(31)39-36(32)44)34(42)23-5-4-6-27(17-23)38-35(43)25-18-29(45-2)21-30(19-25)46-3/h4-12,17-22,32H,13-16H2,1-3H3,(H,38,43)(H,39,44). The molecule has 1 atom stereocenters. The number of ether oxygens (including phenoxy) is 2. The fraction of sp³-hybridized carbons (Fsp3) is 0.222. The number of carbonyl (C=O) groups excluding carboxylic acids is 3. The zero-order valence-corrected chi connectivity index (χ0v) is 25.9. The number of ketones is 1. The number of aliphatic imine (C=N–C) groups is 1. The first-order valence-electron chi connectivity index (χ1n) is 15.0. The number of methoxy groups -OCH3 is 2. The summed E-state index contributed by atoms with van der Waals surface area (Å²) in [4.78, 5) is 48.6. The van der Waals surface area contributed by atoms with Gasteiger partial charge in [0.2, 0.25) is 5.91 Å². The zero-order chi connectivity index (χ0) is 32.2. The van der Waals surface area contributed by atoms with Crippen LogP contribution in [0.25, 0.3) is 0 Å². The molecule has 10 nitrogen and oxygen atoms in total. The van der Waals surface area contributed by atoms with Crippen LogP contribution >= 0.6 is 0 Å². The van der Waals surface area contributed by atoms with Crippen LogP contribution in [0.3, 0.4) is 0 Å². The van der Waals surface area contributed by atoms with Crippen LogP contribution in [0.5, 0.6) is 11.5 Å². The summed E-state index contributed by atoms with van der Waals surface area (Å²) in [6.07, 6.45) is 1.65. The molecule has 0 aromatic heterocycles. The van der Waals surface area contributed by atoms with Gasteiger partial charge in [-0.1, -0.05) is 24.3 Å². The molecule has 0 bridgehead atoms. The van der Waals surface area contributed by atoms with Crippen molar-refractivity contribution in [2.75, 3.05) is 63.0 Å². The first kappa shape index (κ1) is 30.5. The summed E-state index contributed by atoms with van der Waals surface area (Å²) in [7, 11) is 5.16. The van der Waals surface area contributed by atoms with Crippen LogP contribution in [-0.4, -0.2) is 76.2 Å². The van der Waals surface area contributed by atoms with E-state index < -0.39 is 5.92 Å². The first-order chi connectivity index (χ1) is 22.3. The molecule has 10 heteroatoms. The molecule has 2 heterocycles. The van der Waals surface area contributed by atoms with Crippen molar-refractivity contribution < 1.29 is 23.9 Å². The molecule has 1 fully saturated rings. The fourth-order valence-electron chi connectivity index (χ4n) is 5.60. The second-order valence-electron chi connectivity index (χ2n) is 11.3.